The standard InChI is InChI=1S/C32H55IN4O4/c1-22(2)27(24-17-15-14-16-18-24)37(31(4,5)6)41-26(29(39)35(10)11)20-32(7,30(40)36(12)13)19-23(3)25(21-33)28(38)34(8)9/h14-18,22-23,25-27H,19-21H2,1-13H3. The van der Waals surface area contributed by atoms with Crippen LogP contribution in [0, 0.1) is 23.2 Å². The van der Waals surface area contributed by atoms with Crippen LogP contribution in [0.15, 0.2) is 30.3 Å². The Balaban J connectivity index is 3.64. The van der Waals surface area contributed by atoms with Gasteiger partial charge in [0.05, 0.1) is 6.04 Å². The zero-order chi connectivity index (χ0) is 31.9. The summed E-state index contributed by atoms with van der Waals surface area (Å²) in [4.78, 5) is 52.1. The Bertz CT molecular complexity index is 993. The van der Waals surface area contributed by atoms with Gasteiger partial charge in [-0.1, -0.05) is 80.6 Å². The normalized spacial score (nSPS) is 16.5. The minimum absolute atomic E-state index is 0.0465. The molecule has 5 unspecified atom stereocenters. The number of amides is 3. The predicted octanol–water partition coefficient (Wildman–Crippen LogP) is 5.52. The van der Waals surface area contributed by atoms with Crippen molar-refractivity contribution in [2.75, 3.05) is 46.7 Å². The minimum atomic E-state index is -0.945. The first kappa shape index (κ1) is 37.3. The molecule has 0 aliphatic rings. The van der Waals surface area contributed by atoms with Crippen LogP contribution in [0.4, 0.5) is 0 Å². The van der Waals surface area contributed by atoms with Gasteiger partial charge in [-0.05, 0) is 51.0 Å². The molecule has 0 saturated heterocycles. The smallest absolute Gasteiger partial charge is 0.253 e. The molecule has 0 fully saturated rings. The molecule has 0 bridgehead atoms. The molecule has 0 aliphatic heterocycles. The van der Waals surface area contributed by atoms with E-state index in [1.807, 2.05) is 37.1 Å². The third-order valence-electron chi connectivity index (χ3n) is 7.59. The Morgan fingerprint density at radius 3 is 1.71 bits per heavy atom. The van der Waals surface area contributed by atoms with Gasteiger partial charge in [-0.25, -0.2) is 0 Å². The highest BCUT2D eigenvalue weighted by Gasteiger charge is 2.45. The average Bonchev–Trinajstić information content (AvgIpc) is 2.86. The van der Waals surface area contributed by atoms with Crippen molar-refractivity contribution in [3.05, 3.63) is 35.9 Å². The average molecular weight is 687 g/mol. The van der Waals surface area contributed by atoms with Crippen molar-refractivity contribution in [3.8, 4) is 0 Å². The predicted molar refractivity (Wildman–Crippen MR) is 175 cm³/mol. The monoisotopic (exact) mass is 686 g/mol. The van der Waals surface area contributed by atoms with Gasteiger partial charge in [0.1, 0.15) is 0 Å². The van der Waals surface area contributed by atoms with Crippen molar-refractivity contribution >= 4 is 40.3 Å². The molecule has 0 N–H and O–H groups in total. The lowest BCUT2D eigenvalue weighted by atomic mass is 9.72. The lowest BCUT2D eigenvalue weighted by molar-refractivity contribution is -0.274. The second-order valence-corrected chi connectivity index (χ2v) is 14.4. The summed E-state index contributed by atoms with van der Waals surface area (Å²) in [6.07, 6.45) is -0.278. The molecule has 0 saturated carbocycles. The van der Waals surface area contributed by atoms with E-state index in [1.54, 1.807) is 52.1 Å². The van der Waals surface area contributed by atoms with Gasteiger partial charge in [-0.15, -0.1) is 0 Å². The van der Waals surface area contributed by atoms with Gasteiger partial charge in [0.15, 0.2) is 6.10 Å². The molecule has 0 spiro atoms. The number of halogens is 1. The van der Waals surface area contributed by atoms with E-state index in [0.717, 1.165) is 5.56 Å². The van der Waals surface area contributed by atoms with E-state index in [2.05, 4.69) is 69.3 Å². The Kier molecular flexibility index (Phi) is 14.3. The second kappa shape index (κ2) is 15.7. The molecule has 234 valence electrons. The third kappa shape index (κ3) is 10.2. The Morgan fingerprint density at radius 2 is 1.32 bits per heavy atom. The number of nitrogens with zero attached hydrogens (tertiary/aromatic N) is 4. The molecule has 0 aliphatic carbocycles. The Hall–Kier alpha value is -1.72. The van der Waals surface area contributed by atoms with Crippen LogP contribution in [0.1, 0.15) is 72.9 Å². The van der Waals surface area contributed by atoms with Gasteiger partial charge in [0, 0.05) is 63.6 Å². The van der Waals surface area contributed by atoms with Crippen molar-refractivity contribution in [3.63, 3.8) is 0 Å². The van der Waals surface area contributed by atoms with Crippen LogP contribution in [0.5, 0.6) is 0 Å². The van der Waals surface area contributed by atoms with E-state index in [0.29, 0.717) is 10.8 Å². The Morgan fingerprint density at radius 1 is 0.805 bits per heavy atom. The molecule has 0 heterocycles. The molecule has 5 atom stereocenters. The molecular formula is C32H55IN4O4. The lowest BCUT2D eigenvalue weighted by Crippen LogP contribution is -2.53. The molecule has 0 radical (unpaired) electrons. The molecule has 41 heavy (non-hydrogen) atoms. The largest absolute Gasteiger partial charge is 0.349 e. The summed E-state index contributed by atoms with van der Waals surface area (Å²) >= 11 is 2.25. The van der Waals surface area contributed by atoms with E-state index < -0.39 is 17.1 Å². The maximum Gasteiger partial charge on any atom is 0.253 e. The maximum atomic E-state index is 13.8. The van der Waals surface area contributed by atoms with Crippen LogP contribution in [-0.2, 0) is 19.2 Å². The fraction of sp³-hybridized carbons (Fsp3) is 0.719. The van der Waals surface area contributed by atoms with E-state index in [4.69, 9.17) is 4.84 Å². The number of rotatable bonds is 14. The van der Waals surface area contributed by atoms with Gasteiger partial charge >= 0.3 is 0 Å². The van der Waals surface area contributed by atoms with Crippen LogP contribution in [0.2, 0.25) is 0 Å². The number of carbonyl (C=O) groups is 3. The summed E-state index contributed by atoms with van der Waals surface area (Å²) in [7, 11) is 10.4. The highest BCUT2D eigenvalue weighted by atomic mass is 127. The van der Waals surface area contributed by atoms with Crippen molar-refractivity contribution in [1.29, 1.82) is 0 Å². The van der Waals surface area contributed by atoms with E-state index >= 15 is 0 Å². The van der Waals surface area contributed by atoms with E-state index in [-0.39, 0.29) is 47.9 Å². The highest BCUT2D eigenvalue weighted by molar-refractivity contribution is 14.1. The second-order valence-electron chi connectivity index (χ2n) is 13.6. The number of carbonyl (C=O) groups excluding carboxylic acids is 3. The molecule has 8 nitrogen and oxygen atoms in total. The molecule has 3 amide bonds. The van der Waals surface area contributed by atoms with Crippen molar-refractivity contribution in [2.45, 2.75) is 79.0 Å². The van der Waals surface area contributed by atoms with E-state index in [1.165, 1.54) is 4.90 Å². The quantitative estimate of drug-likeness (QED) is 0.147. The van der Waals surface area contributed by atoms with Crippen molar-refractivity contribution < 1.29 is 19.2 Å². The first-order valence-corrected chi connectivity index (χ1v) is 16.0. The zero-order valence-corrected chi connectivity index (χ0v) is 29.9. The van der Waals surface area contributed by atoms with Gasteiger partial charge < -0.3 is 14.7 Å². The van der Waals surface area contributed by atoms with Crippen molar-refractivity contribution in [1.82, 2.24) is 19.8 Å². The van der Waals surface area contributed by atoms with Crippen molar-refractivity contribution in [2.24, 2.45) is 23.2 Å². The first-order chi connectivity index (χ1) is 18.8. The third-order valence-corrected chi connectivity index (χ3v) is 8.53. The summed E-state index contributed by atoms with van der Waals surface area (Å²) in [5, 5.41) is 1.95. The summed E-state index contributed by atoms with van der Waals surface area (Å²) in [6.45, 7) is 14.5. The number of hydrogen-bond acceptors (Lipinski definition) is 5. The van der Waals surface area contributed by atoms with Gasteiger partial charge in [0.25, 0.3) is 5.91 Å². The summed E-state index contributed by atoms with van der Waals surface area (Å²) in [5.41, 5.74) is -0.296. The van der Waals surface area contributed by atoms with Crippen LogP contribution in [0.3, 0.4) is 0 Å². The summed E-state index contributed by atoms with van der Waals surface area (Å²) < 4.78 is 0.643. The first-order valence-electron chi connectivity index (χ1n) is 14.5. The number of hydrogen-bond donors (Lipinski definition) is 0. The Labute approximate surface area is 263 Å². The topological polar surface area (TPSA) is 73.4 Å². The number of hydroxylamine groups is 2. The summed E-state index contributed by atoms with van der Waals surface area (Å²) in [6, 6.07) is 10.1. The molecule has 1 aromatic carbocycles. The molecule has 0 aromatic heterocycles. The number of benzene rings is 1. The van der Waals surface area contributed by atoms with Gasteiger partial charge in [-0.3, -0.25) is 19.2 Å². The highest BCUT2D eigenvalue weighted by Crippen LogP contribution is 2.40. The van der Waals surface area contributed by atoms with Gasteiger partial charge in [0.2, 0.25) is 11.8 Å². The lowest BCUT2D eigenvalue weighted by Gasteiger charge is -2.45. The van der Waals surface area contributed by atoms with Crippen LogP contribution in [-0.4, -0.2) is 95.8 Å². The maximum absolute atomic E-state index is 13.8. The zero-order valence-electron chi connectivity index (χ0n) is 27.7. The number of alkyl halides is 1. The SMILES string of the molecule is CC(C)C(c1ccccc1)N(OC(CC(C)(CC(C)C(CI)C(=O)N(C)C)C(=O)N(C)C)C(=O)N(C)C)C(C)(C)C. The molecular weight excluding hydrogens is 631 g/mol. The fourth-order valence-corrected chi connectivity index (χ4v) is 6.77. The molecule has 1 rings (SSSR count). The molecule has 9 heteroatoms. The number of likely N-dealkylation sites (N-methyl/N-ethyl adjacent to an activating group) is 1. The molecule has 1 aromatic rings. The van der Waals surface area contributed by atoms with E-state index in [9.17, 15) is 14.4 Å². The van der Waals surface area contributed by atoms with Crippen LogP contribution >= 0.6 is 22.6 Å². The minimum Gasteiger partial charge on any atom is -0.349 e. The van der Waals surface area contributed by atoms with Crippen LogP contribution in [0.25, 0.3) is 0 Å². The van der Waals surface area contributed by atoms with Gasteiger partial charge in [-0.2, -0.15) is 5.06 Å². The van der Waals surface area contributed by atoms with Crippen LogP contribution < -0.4 is 0 Å². The fourth-order valence-electron chi connectivity index (χ4n) is 5.53. The summed E-state index contributed by atoms with van der Waals surface area (Å²) in [5.74, 6) is -0.376.